The topological polar surface area (TPSA) is 55.6 Å². The summed E-state index contributed by atoms with van der Waals surface area (Å²) in [5.74, 6) is 0.401. The molecule has 2 N–H and O–H groups in total. The van der Waals surface area contributed by atoms with Gasteiger partial charge in [-0.3, -0.25) is 4.90 Å². The third-order valence-corrected chi connectivity index (χ3v) is 3.28. The highest BCUT2D eigenvalue weighted by Crippen LogP contribution is 2.19. The summed E-state index contributed by atoms with van der Waals surface area (Å²) in [5.41, 5.74) is 5.89. The highest BCUT2D eigenvalue weighted by Gasteiger charge is 2.20. The summed E-state index contributed by atoms with van der Waals surface area (Å²) in [5, 5.41) is 0. The van der Waals surface area contributed by atoms with Crippen molar-refractivity contribution in [3.63, 3.8) is 0 Å². The molecule has 1 saturated heterocycles. The van der Waals surface area contributed by atoms with Crippen LogP contribution in [0.2, 0.25) is 0 Å². The molecule has 4 heteroatoms. The number of likely N-dealkylation sites (tertiary alicyclic amines) is 1. The molecule has 1 unspecified atom stereocenters. The molecule has 1 aliphatic rings. The van der Waals surface area contributed by atoms with E-state index in [2.05, 4.69) is 11.8 Å². The minimum absolute atomic E-state index is 0.252. The summed E-state index contributed by atoms with van der Waals surface area (Å²) in [6, 6.07) is 0.298. The van der Waals surface area contributed by atoms with Gasteiger partial charge in [0.2, 0.25) is 0 Å². The van der Waals surface area contributed by atoms with E-state index in [1.54, 1.807) is 0 Å². The number of nitrogens with two attached hydrogens (primary N) is 1. The van der Waals surface area contributed by atoms with Crippen LogP contribution in [0.5, 0.6) is 0 Å². The fourth-order valence-electron chi connectivity index (χ4n) is 2.15. The van der Waals surface area contributed by atoms with Gasteiger partial charge in [0, 0.05) is 18.7 Å². The molecular formula is C13H24N2O2. The summed E-state index contributed by atoms with van der Waals surface area (Å²) in [6.07, 6.45) is 5.71. The first-order valence-corrected chi connectivity index (χ1v) is 6.44. The molecule has 0 radical (unpaired) electrons. The Morgan fingerprint density at radius 2 is 2.18 bits per heavy atom. The average molecular weight is 240 g/mol. The third-order valence-electron chi connectivity index (χ3n) is 3.28. The van der Waals surface area contributed by atoms with Gasteiger partial charge in [-0.2, -0.15) is 0 Å². The zero-order valence-electron chi connectivity index (χ0n) is 10.9. The molecule has 1 rings (SSSR count). The van der Waals surface area contributed by atoms with Gasteiger partial charge in [-0.05, 0) is 45.7 Å². The Hall–Kier alpha value is -0.870. The molecule has 98 valence electrons. The molecule has 1 atom stereocenters. The van der Waals surface area contributed by atoms with E-state index in [0.717, 1.165) is 32.5 Å². The van der Waals surface area contributed by atoms with E-state index in [1.807, 2.05) is 13.0 Å². The van der Waals surface area contributed by atoms with Crippen LogP contribution in [0, 0.1) is 5.92 Å². The monoisotopic (exact) mass is 240 g/mol. The molecule has 4 nitrogen and oxygen atoms in total. The molecule has 1 fully saturated rings. The van der Waals surface area contributed by atoms with Crippen LogP contribution in [0.25, 0.3) is 0 Å². The van der Waals surface area contributed by atoms with E-state index in [4.69, 9.17) is 10.5 Å². The van der Waals surface area contributed by atoms with Gasteiger partial charge in [0.15, 0.2) is 0 Å². The summed E-state index contributed by atoms with van der Waals surface area (Å²) >= 11 is 0. The number of ether oxygens (including phenoxy) is 1. The lowest BCUT2D eigenvalue weighted by Crippen LogP contribution is -2.39. The molecule has 0 amide bonds. The van der Waals surface area contributed by atoms with Crippen LogP contribution in [0.1, 0.15) is 26.7 Å². The Morgan fingerprint density at radius 3 is 2.71 bits per heavy atom. The largest absolute Gasteiger partial charge is 0.463 e. The summed E-state index contributed by atoms with van der Waals surface area (Å²) in [7, 11) is 0. The van der Waals surface area contributed by atoms with Crippen molar-refractivity contribution >= 4 is 5.97 Å². The van der Waals surface area contributed by atoms with Crippen molar-refractivity contribution in [1.29, 1.82) is 0 Å². The van der Waals surface area contributed by atoms with Gasteiger partial charge < -0.3 is 10.5 Å². The Morgan fingerprint density at radius 1 is 1.53 bits per heavy atom. The maximum absolute atomic E-state index is 11.1. The number of carbonyl (C=O) groups excluding carboxylic acids is 1. The fraction of sp³-hybridized carbons (Fsp3) is 0.769. The van der Waals surface area contributed by atoms with Crippen molar-refractivity contribution < 1.29 is 9.53 Å². The lowest BCUT2D eigenvalue weighted by atomic mass is 9.91. The second-order valence-corrected chi connectivity index (χ2v) is 4.65. The minimum Gasteiger partial charge on any atom is -0.463 e. The maximum Gasteiger partial charge on any atom is 0.330 e. The zero-order chi connectivity index (χ0) is 12.7. The maximum atomic E-state index is 11.1. The quantitative estimate of drug-likeness (QED) is 0.579. The molecule has 0 aromatic heterocycles. The average Bonchev–Trinajstić information content (AvgIpc) is 2.30. The zero-order valence-corrected chi connectivity index (χ0v) is 10.9. The van der Waals surface area contributed by atoms with E-state index in [9.17, 15) is 4.79 Å². The SMILES string of the molecule is CCOC(=O)/C=C/CN1CCC(C(C)N)CC1. The van der Waals surface area contributed by atoms with Gasteiger partial charge in [0.05, 0.1) is 6.61 Å². The van der Waals surface area contributed by atoms with Crippen molar-refractivity contribution in [3.05, 3.63) is 12.2 Å². The number of hydrogen-bond donors (Lipinski definition) is 1. The molecule has 1 aliphatic heterocycles. The minimum atomic E-state index is -0.252. The lowest BCUT2D eigenvalue weighted by molar-refractivity contribution is -0.137. The van der Waals surface area contributed by atoms with Crippen molar-refractivity contribution in [1.82, 2.24) is 4.90 Å². The van der Waals surface area contributed by atoms with Crippen LogP contribution in [-0.4, -0.2) is 43.2 Å². The van der Waals surface area contributed by atoms with E-state index < -0.39 is 0 Å². The van der Waals surface area contributed by atoms with Crippen molar-refractivity contribution in [2.75, 3.05) is 26.2 Å². The number of esters is 1. The lowest BCUT2D eigenvalue weighted by Gasteiger charge is -2.32. The Bertz CT molecular complexity index is 256. The predicted molar refractivity (Wildman–Crippen MR) is 68.6 cm³/mol. The Balaban J connectivity index is 2.20. The van der Waals surface area contributed by atoms with Gasteiger partial charge >= 0.3 is 5.97 Å². The van der Waals surface area contributed by atoms with E-state index in [0.29, 0.717) is 18.6 Å². The third kappa shape index (κ3) is 5.33. The van der Waals surface area contributed by atoms with Crippen molar-refractivity contribution in [2.45, 2.75) is 32.7 Å². The molecule has 17 heavy (non-hydrogen) atoms. The Kier molecular flexibility index (Phi) is 6.22. The second-order valence-electron chi connectivity index (χ2n) is 4.65. The predicted octanol–water partition coefficient (Wildman–Crippen LogP) is 1.16. The van der Waals surface area contributed by atoms with E-state index >= 15 is 0 Å². The molecule has 0 saturated carbocycles. The van der Waals surface area contributed by atoms with Crippen LogP contribution >= 0.6 is 0 Å². The first kappa shape index (κ1) is 14.2. The molecular weight excluding hydrogens is 216 g/mol. The number of hydrogen-bond acceptors (Lipinski definition) is 4. The molecule has 1 heterocycles. The van der Waals surface area contributed by atoms with Gasteiger partial charge in [-0.1, -0.05) is 6.08 Å². The second kappa shape index (κ2) is 7.45. The number of nitrogens with zero attached hydrogens (tertiary/aromatic N) is 1. The summed E-state index contributed by atoms with van der Waals surface area (Å²) < 4.78 is 4.82. The smallest absolute Gasteiger partial charge is 0.330 e. The van der Waals surface area contributed by atoms with Crippen LogP contribution in [-0.2, 0) is 9.53 Å². The number of carbonyl (C=O) groups is 1. The molecule has 0 aliphatic carbocycles. The van der Waals surface area contributed by atoms with Crippen molar-refractivity contribution in [3.8, 4) is 0 Å². The van der Waals surface area contributed by atoms with Crippen molar-refractivity contribution in [2.24, 2.45) is 11.7 Å². The molecule has 0 aromatic rings. The summed E-state index contributed by atoms with van der Waals surface area (Å²) in [4.78, 5) is 13.4. The first-order chi connectivity index (χ1) is 8.13. The van der Waals surface area contributed by atoms with E-state index in [-0.39, 0.29) is 5.97 Å². The first-order valence-electron chi connectivity index (χ1n) is 6.44. The fourth-order valence-corrected chi connectivity index (χ4v) is 2.15. The van der Waals surface area contributed by atoms with Crippen LogP contribution in [0.3, 0.4) is 0 Å². The van der Waals surface area contributed by atoms with Gasteiger partial charge in [0.25, 0.3) is 0 Å². The van der Waals surface area contributed by atoms with E-state index in [1.165, 1.54) is 6.08 Å². The van der Waals surface area contributed by atoms with Crippen LogP contribution < -0.4 is 5.73 Å². The number of rotatable bonds is 5. The number of piperidine rings is 1. The van der Waals surface area contributed by atoms with Crippen LogP contribution in [0.15, 0.2) is 12.2 Å². The molecule has 0 aromatic carbocycles. The standard InChI is InChI=1S/C13H24N2O2/c1-3-17-13(16)5-4-8-15-9-6-12(7-10-15)11(2)14/h4-5,11-12H,3,6-10,14H2,1-2H3/b5-4+. The molecule has 0 spiro atoms. The molecule has 0 bridgehead atoms. The normalized spacial score (nSPS) is 20.6. The van der Waals surface area contributed by atoms with Gasteiger partial charge in [-0.15, -0.1) is 0 Å². The van der Waals surface area contributed by atoms with Crippen LogP contribution in [0.4, 0.5) is 0 Å². The van der Waals surface area contributed by atoms with Gasteiger partial charge in [-0.25, -0.2) is 4.79 Å². The summed E-state index contributed by atoms with van der Waals surface area (Å²) in [6.45, 7) is 7.29. The highest BCUT2D eigenvalue weighted by molar-refractivity contribution is 5.81. The highest BCUT2D eigenvalue weighted by atomic mass is 16.5. The Labute approximate surface area is 104 Å². The van der Waals surface area contributed by atoms with Gasteiger partial charge in [0.1, 0.15) is 0 Å².